The van der Waals surface area contributed by atoms with Crippen molar-refractivity contribution in [1.29, 1.82) is 5.26 Å². The number of nitrogens with zero attached hydrogens (tertiary/aromatic N) is 1. The van der Waals surface area contributed by atoms with Crippen LogP contribution in [0.3, 0.4) is 0 Å². The van der Waals surface area contributed by atoms with Crippen LogP contribution in [-0.2, 0) is 5.54 Å². The van der Waals surface area contributed by atoms with Crippen molar-refractivity contribution >= 4 is 11.6 Å². The predicted octanol–water partition coefficient (Wildman–Crippen LogP) is 1.38. The van der Waals surface area contributed by atoms with Crippen molar-refractivity contribution in [3.05, 3.63) is 34.3 Å². The highest BCUT2D eigenvalue weighted by Crippen LogP contribution is 2.26. The molecule has 0 spiro atoms. The van der Waals surface area contributed by atoms with Gasteiger partial charge in [-0.05, 0) is 24.6 Å². The molecule has 14 heavy (non-hydrogen) atoms. The molecule has 0 aliphatic carbocycles. The van der Waals surface area contributed by atoms with E-state index in [-0.39, 0.29) is 6.61 Å². The van der Waals surface area contributed by atoms with Gasteiger partial charge in [-0.2, -0.15) is 5.26 Å². The molecule has 0 unspecified atom stereocenters. The first kappa shape index (κ1) is 11.0. The summed E-state index contributed by atoms with van der Waals surface area (Å²) in [6.07, 6.45) is 0. The Balaban J connectivity index is 3.20. The van der Waals surface area contributed by atoms with Crippen LogP contribution < -0.4 is 5.73 Å². The van der Waals surface area contributed by atoms with Crippen LogP contribution in [0.2, 0.25) is 5.02 Å². The fraction of sp³-hybridized carbons (Fsp3) is 0.300. The maximum absolute atomic E-state index is 9.05. The number of aliphatic hydroxyl groups is 1. The first-order chi connectivity index (χ1) is 6.51. The van der Waals surface area contributed by atoms with E-state index in [0.717, 1.165) is 0 Å². The first-order valence-electron chi connectivity index (χ1n) is 4.11. The summed E-state index contributed by atoms with van der Waals surface area (Å²) in [6, 6.07) is 6.81. The minimum Gasteiger partial charge on any atom is -0.394 e. The molecular weight excluding hydrogens is 200 g/mol. The topological polar surface area (TPSA) is 70.0 Å². The van der Waals surface area contributed by atoms with Gasteiger partial charge in [0.2, 0.25) is 0 Å². The van der Waals surface area contributed by atoms with E-state index in [4.69, 9.17) is 27.7 Å². The molecule has 1 aromatic rings. The van der Waals surface area contributed by atoms with E-state index in [1.165, 1.54) is 6.07 Å². The minimum absolute atomic E-state index is 0.196. The lowest BCUT2D eigenvalue weighted by Gasteiger charge is -2.23. The number of benzene rings is 1. The van der Waals surface area contributed by atoms with Crippen molar-refractivity contribution in [1.82, 2.24) is 0 Å². The molecule has 0 fully saturated rings. The lowest BCUT2D eigenvalue weighted by atomic mass is 9.93. The van der Waals surface area contributed by atoms with Crippen LogP contribution in [-0.4, -0.2) is 11.7 Å². The molecule has 1 rings (SSSR count). The fourth-order valence-corrected chi connectivity index (χ4v) is 1.53. The third kappa shape index (κ3) is 2.05. The summed E-state index contributed by atoms with van der Waals surface area (Å²) in [5.74, 6) is 0. The second-order valence-electron chi connectivity index (χ2n) is 3.38. The van der Waals surface area contributed by atoms with Crippen LogP contribution in [0, 0.1) is 11.3 Å². The Morgan fingerprint density at radius 3 is 2.71 bits per heavy atom. The number of hydrogen-bond donors (Lipinski definition) is 2. The van der Waals surface area contributed by atoms with Gasteiger partial charge >= 0.3 is 0 Å². The van der Waals surface area contributed by atoms with Crippen LogP contribution >= 0.6 is 11.6 Å². The van der Waals surface area contributed by atoms with E-state index < -0.39 is 5.54 Å². The Labute approximate surface area is 87.7 Å². The van der Waals surface area contributed by atoms with Gasteiger partial charge in [-0.15, -0.1) is 0 Å². The number of rotatable bonds is 2. The number of nitrogens with two attached hydrogens (primary N) is 1. The van der Waals surface area contributed by atoms with Crippen LogP contribution in [0.4, 0.5) is 0 Å². The number of aliphatic hydroxyl groups excluding tert-OH is 1. The van der Waals surface area contributed by atoms with Gasteiger partial charge in [-0.25, -0.2) is 0 Å². The van der Waals surface area contributed by atoms with Gasteiger partial charge in [0.1, 0.15) is 0 Å². The molecule has 0 heterocycles. The highest BCUT2D eigenvalue weighted by atomic mass is 35.5. The Hall–Kier alpha value is -1.08. The van der Waals surface area contributed by atoms with E-state index in [0.29, 0.717) is 16.1 Å². The van der Waals surface area contributed by atoms with Gasteiger partial charge in [-0.1, -0.05) is 17.7 Å². The van der Waals surface area contributed by atoms with Crippen LogP contribution in [0.1, 0.15) is 18.1 Å². The summed E-state index contributed by atoms with van der Waals surface area (Å²) in [7, 11) is 0. The molecule has 1 atom stereocenters. The van der Waals surface area contributed by atoms with Gasteiger partial charge in [0.15, 0.2) is 0 Å². The number of nitriles is 1. The van der Waals surface area contributed by atoms with Gasteiger partial charge in [-0.3, -0.25) is 0 Å². The molecule has 3 N–H and O–H groups in total. The predicted molar refractivity (Wildman–Crippen MR) is 54.8 cm³/mol. The fourth-order valence-electron chi connectivity index (χ4n) is 1.13. The zero-order chi connectivity index (χ0) is 10.8. The van der Waals surface area contributed by atoms with Crippen LogP contribution in [0.25, 0.3) is 0 Å². The van der Waals surface area contributed by atoms with Crippen molar-refractivity contribution < 1.29 is 5.11 Å². The largest absolute Gasteiger partial charge is 0.394 e. The average molecular weight is 211 g/mol. The standard InChI is InChI=1S/C10H11ClN2O/c1-10(13,6-14)8-3-2-7(5-12)4-9(8)11/h2-4,14H,6,13H2,1H3/t10-/m0/s1. The van der Waals surface area contributed by atoms with E-state index in [9.17, 15) is 0 Å². The second-order valence-corrected chi connectivity index (χ2v) is 3.79. The van der Waals surface area contributed by atoms with Crippen LogP contribution in [0.15, 0.2) is 18.2 Å². The van der Waals surface area contributed by atoms with Crippen molar-refractivity contribution in [2.45, 2.75) is 12.5 Å². The SMILES string of the molecule is C[C@](N)(CO)c1ccc(C#N)cc1Cl. The van der Waals surface area contributed by atoms with E-state index in [1.807, 2.05) is 6.07 Å². The van der Waals surface area contributed by atoms with Gasteiger partial charge in [0, 0.05) is 5.02 Å². The van der Waals surface area contributed by atoms with Crippen molar-refractivity contribution in [2.24, 2.45) is 5.73 Å². The molecule has 0 aliphatic rings. The smallest absolute Gasteiger partial charge is 0.0992 e. The van der Waals surface area contributed by atoms with Crippen molar-refractivity contribution in [3.63, 3.8) is 0 Å². The monoisotopic (exact) mass is 210 g/mol. The maximum atomic E-state index is 9.05. The van der Waals surface area contributed by atoms with E-state index in [1.54, 1.807) is 19.1 Å². The highest BCUT2D eigenvalue weighted by Gasteiger charge is 2.22. The molecule has 0 amide bonds. The van der Waals surface area contributed by atoms with Crippen LogP contribution in [0.5, 0.6) is 0 Å². The Morgan fingerprint density at radius 1 is 1.64 bits per heavy atom. The molecule has 1 aromatic carbocycles. The number of halogens is 1. The van der Waals surface area contributed by atoms with E-state index in [2.05, 4.69) is 0 Å². The molecule has 0 saturated heterocycles. The quantitative estimate of drug-likeness (QED) is 0.775. The maximum Gasteiger partial charge on any atom is 0.0992 e. The molecule has 0 aliphatic heterocycles. The highest BCUT2D eigenvalue weighted by molar-refractivity contribution is 6.31. The first-order valence-corrected chi connectivity index (χ1v) is 4.49. The van der Waals surface area contributed by atoms with E-state index >= 15 is 0 Å². The summed E-state index contributed by atoms with van der Waals surface area (Å²) in [5.41, 5.74) is 6.06. The summed E-state index contributed by atoms with van der Waals surface area (Å²) in [6.45, 7) is 1.49. The second kappa shape index (κ2) is 3.97. The summed E-state index contributed by atoms with van der Waals surface area (Å²) < 4.78 is 0. The van der Waals surface area contributed by atoms with Gasteiger partial charge in [0.25, 0.3) is 0 Å². The third-order valence-electron chi connectivity index (χ3n) is 2.04. The van der Waals surface area contributed by atoms with Crippen molar-refractivity contribution in [3.8, 4) is 6.07 Å². The normalized spacial score (nSPS) is 14.5. The Morgan fingerprint density at radius 2 is 2.29 bits per heavy atom. The molecule has 3 nitrogen and oxygen atoms in total. The number of hydrogen-bond acceptors (Lipinski definition) is 3. The summed E-state index contributed by atoms with van der Waals surface area (Å²) >= 11 is 5.93. The zero-order valence-electron chi connectivity index (χ0n) is 7.79. The molecule has 4 heteroatoms. The lowest BCUT2D eigenvalue weighted by Crippen LogP contribution is -2.37. The third-order valence-corrected chi connectivity index (χ3v) is 2.35. The molecule has 0 radical (unpaired) electrons. The Kier molecular flexibility index (Phi) is 3.12. The molecule has 0 saturated carbocycles. The minimum atomic E-state index is -0.870. The molecule has 0 aromatic heterocycles. The summed E-state index contributed by atoms with van der Waals surface area (Å²) in [5, 5.41) is 18.1. The Bertz CT molecular complexity index is 382. The average Bonchev–Trinajstić information content (AvgIpc) is 2.17. The summed E-state index contributed by atoms with van der Waals surface area (Å²) in [4.78, 5) is 0. The molecular formula is C10H11ClN2O. The zero-order valence-corrected chi connectivity index (χ0v) is 8.54. The van der Waals surface area contributed by atoms with Gasteiger partial charge < -0.3 is 10.8 Å². The molecule has 0 bridgehead atoms. The van der Waals surface area contributed by atoms with Crippen molar-refractivity contribution in [2.75, 3.05) is 6.61 Å². The van der Waals surface area contributed by atoms with Gasteiger partial charge in [0.05, 0.1) is 23.8 Å². The lowest BCUT2D eigenvalue weighted by molar-refractivity contribution is 0.210. The molecule has 74 valence electrons.